The van der Waals surface area contributed by atoms with Gasteiger partial charge in [-0.2, -0.15) is 5.10 Å². The van der Waals surface area contributed by atoms with Crippen LogP contribution in [0.1, 0.15) is 18.1 Å². The Morgan fingerprint density at radius 3 is 2.73 bits per heavy atom. The molecule has 1 unspecified atom stereocenters. The highest BCUT2D eigenvalue weighted by Gasteiger charge is 2.24. The Labute approximate surface area is 139 Å². The zero-order chi connectivity index (χ0) is 16.3. The summed E-state index contributed by atoms with van der Waals surface area (Å²) in [6, 6.07) is 3.43. The molecule has 2 rings (SSSR count). The van der Waals surface area contributed by atoms with E-state index >= 15 is 0 Å². The van der Waals surface area contributed by atoms with E-state index in [-0.39, 0.29) is 0 Å². The van der Waals surface area contributed by atoms with Crippen LogP contribution in [0.15, 0.2) is 24.5 Å². The van der Waals surface area contributed by atoms with Crippen LogP contribution in [0.2, 0.25) is 10.0 Å². The van der Waals surface area contributed by atoms with Gasteiger partial charge in [0, 0.05) is 42.5 Å². The van der Waals surface area contributed by atoms with Crippen LogP contribution in [-0.4, -0.2) is 28.5 Å². The average Bonchev–Trinajstić information content (AvgIpc) is 2.85. The second kappa shape index (κ2) is 6.87. The van der Waals surface area contributed by atoms with E-state index in [9.17, 15) is 5.11 Å². The maximum Gasteiger partial charge on any atom is 0.142 e. The predicted octanol–water partition coefficient (Wildman–Crippen LogP) is 2.73. The second-order valence-electron chi connectivity index (χ2n) is 5.36. The first-order valence-electron chi connectivity index (χ1n) is 6.77. The molecule has 0 saturated carbocycles. The molecule has 0 radical (unpaired) electrons. The summed E-state index contributed by atoms with van der Waals surface area (Å²) in [5.41, 5.74) is 0.560. The number of halogens is 2. The van der Waals surface area contributed by atoms with E-state index in [1.807, 2.05) is 7.05 Å². The van der Waals surface area contributed by atoms with Crippen molar-refractivity contribution in [3.05, 3.63) is 45.7 Å². The predicted molar refractivity (Wildman–Crippen MR) is 87.5 cm³/mol. The highest BCUT2D eigenvalue weighted by atomic mass is 35.5. The van der Waals surface area contributed by atoms with E-state index in [0.29, 0.717) is 28.9 Å². The SMILES string of the molecule is COc1c(Cl)cc(Cl)cc1CNCC(C)(O)c1cnn(C)c1. The molecule has 1 aromatic carbocycles. The number of ether oxygens (including phenoxy) is 1. The highest BCUT2D eigenvalue weighted by molar-refractivity contribution is 6.35. The van der Waals surface area contributed by atoms with Crippen molar-refractivity contribution in [3.8, 4) is 5.75 Å². The van der Waals surface area contributed by atoms with Gasteiger partial charge in [-0.3, -0.25) is 4.68 Å². The minimum absolute atomic E-state index is 0.353. The van der Waals surface area contributed by atoms with Crippen molar-refractivity contribution < 1.29 is 9.84 Å². The molecule has 2 N–H and O–H groups in total. The highest BCUT2D eigenvalue weighted by Crippen LogP contribution is 2.32. The standard InChI is InChI=1S/C15H19Cl2N3O2/c1-15(21,11-7-19-20(2)8-11)9-18-6-10-4-12(16)5-13(17)14(10)22-3/h4-5,7-8,18,21H,6,9H2,1-3H3. The molecule has 0 saturated heterocycles. The first kappa shape index (κ1) is 17.1. The molecule has 0 aliphatic carbocycles. The van der Waals surface area contributed by atoms with Crippen LogP contribution >= 0.6 is 23.2 Å². The number of nitrogens with one attached hydrogen (secondary N) is 1. The number of aromatic nitrogens is 2. The third-order valence-corrected chi connectivity index (χ3v) is 3.90. The molecule has 2 aromatic rings. The maximum atomic E-state index is 10.5. The minimum Gasteiger partial charge on any atom is -0.495 e. The fraction of sp³-hybridized carbons (Fsp3) is 0.400. The van der Waals surface area contributed by atoms with Crippen molar-refractivity contribution >= 4 is 23.2 Å². The van der Waals surface area contributed by atoms with Gasteiger partial charge in [0.15, 0.2) is 0 Å². The first-order valence-corrected chi connectivity index (χ1v) is 7.53. The number of methoxy groups -OCH3 is 1. The Morgan fingerprint density at radius 1 is 1.41 bits per heavy atom. The Kier molecular flexibility index (Phi) is 5.34. The zero-order valence-corrected chi connectivity index (χ0v) is 14.2. The van der Waals surface area contributed by atoms with Crippen molar-refractivity contribution in [2.45, 2.75) is 19.1 Å². The van der Waals surface area contributed by atoms with E-state index in [1.54, 1.807) is 43.2 Å². The lowest BCUT2D eigenvalue weighted by atomic mass is 9.99. The summed E-state index contributed by atoms with van der Waals surface area (Å²) in [5, 5.41) is 18.8. The number of aliphatic hydroxyl groups is 1. The Bertz CT molecular complexity index is 656. The van der Waals surface area contributed by atoms with E-state index in [4.69, 9.17) is 27.9 Å². The van der Waals surface area contributed by atoms with Gasteiger partial charge in [-0.15, -0.1) is 0 Å². The van der Waals surface area contributed by atoms with Gasteiger partial charge in [0.2, 0.25) is 0 Å². The monoisotopic (exact) mass is 343 g/mol. The van der Waals surface area contributed by atoms with Gasteiger partial charge in [-0.05, 0) is 19.1 Å². The summed E-state index contributed by atoms with van der Waals surface area (Å²) in [6.07, 6.45) is 3.44. The molecule has 120 valence electrons. The van der Waals surface area contributed by atoms with Crippen LogP contribution in [0.4, 0.5) is 0 Å². The summed E-state index contributed by atoms with van der Waals surface area (Å²) in [5.74, 6) is 0.583. The summed E-state index contributed by atoms with van der Waals surface area (Å²) >= 11 is 12.1. The van der Waals surface area contributed by atoms with Crippen LogP contribution in [0.3, 0.4) is 0 Å². The van der Waals surface area contributed by atoms with Crippen LogP contribution in [0.25, 0.3) is 0 Å². The summed E-state index contributed by atoms with van der Waals surface area (Å²) in [4.78, 5) is 0. The Morgan fingerprint density at radius 2 is 2.14 bits per heavy atom. The van der Waals surface area contributed by atoms with E-state index in [1.165, 1.54) is 0 Å². The third-order valence-electron chi connectivity index (χ3n) is 3.40. The van der Waals surface area contributed by atoms with Gasteiger partial charge in [0.25, 0.3) is 0 Å². The van der Waals surface area contributed by atoms with Gasteiger partial charge < -0.3 is 15.2 Å². The molecule has 7 heteroatoms. The smallest absolute Gasteiger partial charge is 0.142 e. The lowest BCUT2D eigenvalue weighted by Crippen LogP contribution is -2.35. The fourth-order valence-corrected chi connectivity index (χ4v) is 2.83. The van der Waals surface area contributed by atoms with Gasteiger partial charge in [-0.1, -0.05) is 23.2 Å². The Hall–Kier alpha value is -1.27. The normalized spacial score (nSPS) is 13.9. The molecular formula is C15H19Cl2N3O2. The number of rotatable bonds is 6. The molecule has 1 heterocycles. The molecular weight excluding hydrogens is 325 g/mol. The molecule has 5 nitrogen and oxygen atoms in total. The van der Waals surface area contributed by atoms with Crippen LogP contribution < -0.4 is 10.1 Å². The maximum absolute atomic E-state index is 10.5. The molecule has 0 bridgehead atoms. The summed E-state index contributed by atoms with van der Waals surface area (Å²) in [6.45, 7) is 2.56. The number of benzene rings is 1. The largest absolute Gasteiger partial charge is 0.495 e. The second-order valence-corrected chi connectivity index (χ2v) is 6.20. The molecule has 22 heavy (non-hydrogen) atoms. The summed E-state index contributed by atoms with van der Waals surface area (Å²) in [7, 11) is 3.37. The average molecular weight is 344 g/mol. The number of hydrogen-bond acceptors (Lipinski definition) is 4. The Balaban J connectivity index is 2.05. The van der Waals surface area contributed by atoms with Crippen LogP contribution in [-0.2, 0) is 19.2 Å². The van der Waals surface area contributed by atoms with Gasteiger partial charge in [0.05, 0.1) is 18.3 Å². The molecule has 0 aliphatic heterocycles. The van der Waals surface area contributed by atoms with E-state index in [2.05, 4.69) is 10.4 Å². The molecule has 1 aromatic heterocycles. The molecule has 0 aliphatic rings. The molecule has 0 fully saturated rings. The third kappa shape index (κ3) is 3.93. The van der Waals surface area contributed by atoms with Gasteiger partial charge in [-0.25, -0.2) is 0 Å². The van der Waals surface area contributed by atoms with Crippen molar-refractivity contribution in [3.63, 3.8) is 0 Å². The van der Waals surface area contributed by atoms with Crippen LogP contribution in [0, 0.1) is 0 Å². The number of hydrogen-bond donors (Lipinski definition) is 2. The molecule has 0 spiro atoms. The van der Waals surface area contributed by atoms with Gasteiger partial charge >= 0.3 is 0 Å². The lowest BCUT2D eigenvalue weighted by Gasteiger charge is -2.23. The lowest BCUT2D eigenvalue weighted by molar-refractivity contribution is 0.0565. The van der Waals surface area contributed by atoms with E-state index < -0.39 is 5.60 Å². The van der Waals surface area contributed by atoms with Crippen molar-refractivity contribution in [2.24, 2.45) is 7.05 Å². The van der Waals surface area contributed by atoms with Gasteiger partial charge in [0.1, 0.15) is 11.4 Å². The molecule has 1 atom stereocenters. The van der Waals surface area contributed by atoms with Crippen molar-refractivity contribution in [2.75, 3.05) is 13.7 Å². The number of nitrogens with zero attached hydrogens (tertiary/aromatic N) is 2. The van der Waals surface area contributed by atoms with Crippen molar-refractivity contribution in [1.82, 2.24) is 15.1 Å². The zero-order valence-electron chi connectivity index (χ0n) is 12.7. The minimum atomic E-state index is -1.02. The van der Waals surface area contributed by atoms with Crippen molar-refractivity contribution in [1.29, 1.82) is 0 Å². The van der Waals surface area contributed by atoms with E-state index in [0.717, 1.165) is 11.1 Å². The first-order chi connectivity index (χ1) is 10.3. The quantitative estimate of drug-likeness (QED) is 0.846. The topological polar surface area (TPSA) is 59.3 Å². The number of aryl methyl sites for hydroxylation is 1. The summed E-state index contributed by atoms with van der Waals surface area (Å²) < 4.78 is 6.95. The fourth-order valence-electron chi connectivity index (χ4n) is 2.22. The van der Waals surface area contributed by atoms with Crippen LogP contribution in [0.5, 0.6) is 5.75 Å². The molecule has 0 amide bonds.